The number of aliphatic hydroxyl groups excluding tert-OH is 1. The minimum Gasteiger partial charge on any atom is -0.388 e. The summed E-state index contributed by atoms with van der Waals surface area (Å²) in [5.41, 5.74) is 1.09. The van der Waals surface area contributed by atoms with Gasteiger partial charge in [-0.1, -0.05) is 55.3 Å². The molecule has 0 spiro atoms. The van der Waals surface area contributed by atoms with Crippen molar-refractivity contribution in [2.75, 3.05) is 0 Å². The number of benzene rings is 2. The lowest BCUT2D eigenvalue weighted by Gasteiger charge is -2.13. The Kier molecular flexibility index (Phi) is 2.86. The summed E-state index contributed by atoms with van der Waals surface area (Å²) in [5, 5.41) is 12.7. The molecule has 1 heteroatoms. The van der Waals surface area contributed by atoms with Gasteiger partial charge in [-0.25, -0.2) is 0 Å². The van der Waals surface area contributed by atoms with Gasteiger partial charge in [0, 0.05) is 0 Å². The summed E-state index contributed by atoms with van der Waals surface area (Å²) in [4.78, 5) is 0. The lowest BCUT2D eigenvalue weighted by molar-refractivity contribution is 0.164. The van der Waals surface area contributed by atoms with E-state index in [9.17, 15) is 5.11 Å². The summed E-state index contributed by atoms with van der Waals surface area (Å²) < 4.78 is 0. The second-order valence-corrected chi connectivity index (χ2v) is 5.10. The summed E-state index contributed by atoms with van der Waals surface area (Å²) in [6.07, 6.45) is 4.50. The van der Waals surface area contributed by atoms with Crippen LogP contribution in [0.2, 0.25) is 0 Å². The average molecular weight is 226 g/mol. The van der Waals surface area contributed by atoms with Crippen molar-refractivity contribution in [2.24, 2.45) is 5.92 Å². The van der Waals surface area contributed by atoms with Crippen molar-refractivity contribution in [2.45, 2.75) is 31.8 Å². The molecule has 1 nitrogen and oxygen atoms in total. The molecule has 0 bridgehead atoms. The van der Waals surface area contributed by atoms with Crippen molar-refractivity contribution in [3.8, 4) is 0 Å². The molecule has 0 heterocycles. The first kappa shape index (κ1) is 10.8. The van der Waals surface area contributed by atoms with E-state index >= 15 is 0 Å². The zero-order valence-electron chi connectivity index (χ0n) is 9.97. The highest BCUT2D eigenvalue weighted by Crippen LogP contribution is 2.36. The molecule has 0 saturated heterocycles. The summed E-state index contributed by atoms with van der Waals surface area (Å²) in [5.74, 6) is 0.889. The quantitative estimate of drug-likeness (QED) is 0.833. The van der Waals surface area contributed by atoms with Gasteiger partial charge in [0.2, 0.25) is 0 Å². The van der Waals surface area contributed by atoms with E-state index in [2.05, 4.69) is 24.3 Å². The molecule has 1 saturated carbocycles. The van der Waals surface area contributed by atoms with Gasteiger partial charge in [-0.2, -0.15) is 0 Å². The maximum atomic E-state index is 10.3. The molecule has 1 atom stereocenters. The molecule has 1 unspecified atom stereocenters. The van der Waals surface area contributed by atoms with Crippen molar-refractivity contribution < 1.29 is 5.11 Å². The van der Waals surface area contributed by atoms with E-state index in [0.29, 0.717) is 0 Å². The van der Waals surface area contributed by atoms with Gasteiger partial charge in [-0.05, 0) is 35.1 Å². The van der Waals surface area contributed by atoms with Crippen LogP contribution in [0.1, 0.15) is 37.4 Å². The molecule has 0 radical (unpaired) electrons. The smallest absolute Gasteiger partial charge is 0.0796 e. The highest BCUT2D eigenvalue weighted by Gasteiger charge is 2.22. The van der Waals surface area contributed by atoms with Crippen LogP contribution in [0.4, 0.5) is 0 Å². The Balaban J connectivity index is 1.87. The van der Waals surface area contributed by atoms with Crippen LogP contribution in [0.15, 0.2) is 42.5 Å². The van der Waals surface area contributed by atoms with Gasteiger partial charge in [-0.15, -0.1) is 0 Å². The van der Waals surface area contributed by atoms with Crippen LogP contribution >= 0.6 is 0 Å². The van der Waals surface area contributed by atoms with Gasteiger partial charge in [0.05, 0.1) is 6.10 Å². The lowest BCUT2D eigenvalue weighted by Crippen LogP contribution is -1.98. The first-order chi connectivity index (χ1) is 8.34. The van der Waals surface area contributed by atoms with E-state index in [4.69, 9.17) is 0 Å². The minimum atomic E-state index is -0.304. The van der Waals surface area contributed by atoms with Crippen LogP contribution in [-0.4, -0.2) is 5.11 Å². The first-order valence-electron chi connectivity index (χ1n) is 6.50. The number of aliphatic hydroxyl groups is 1. The van der Waals surface area contributed by atoms with Gasteiger partial charge in [0.15, 0.2) is 0 Å². The van der Waals surface area contributed by atoms with E-state index in [-0.39, 0.29) is 6.10 Å². The monoisotopic (exact) mass is 226 g/mol. The van der Waals surface area contributed by atoms with Crippen molar-refractivity contribution >= 4 is 10.8 Å². The molecule has 0 amide bonds. The Bertz CT molecular complexity index is 508. The first-order valence-corrected chi connectivity index (χ1v) is 6.50. The summed E-state index contributed by atoms with van der Waals surface area (Å²) in [6, 6.07) is 14.5. The fourth-order valence-electron chi connectivity index (χ4n) is 2.50. The molecule has 2 aromatic rings. The van der Waals surface area contributed by atoms with Crippen LogP contribution in [0.5, 0.6) is 0 Å². The predicted octanol–water partition coefficient (Wildman–Crippen LogP) is 4.06. The molecule has 17 heavy (non-hydrogen) atoms. The van der Waals surface area contributed by atoms with Crippen LogP contribution < -0.4 is 0 Å². The Morgan fingerprint density at radius 2 is 1.82 bits per heavy atom. The number of fused-ring (bicyclic) bond motifs is 1. The van der Waals surface area contributed by atoms with Gasteiger partial charge in [0.1, 0.15) is 0 Å². The number of rotatable bonds is 4. The van der Waals surface area contributed by atoms with Crippen molar-refractivity contribution in [1.82, 2.24) is 0 Å². The number of hydrogen-bond donors (Lipinski definition) is 1. The molecule has 1 aliphatic carbocycles. The molecule has 88 valence electrons. The van der Waals surface area contributed by atoms with E-state index in [1.807, 2.05) is 18.2 Å². The zero-order valence-corrected chi connectivity index (χ0v) is 9.97. The second kappa shape index (κ2) is 4.50. The zero-order chi connectivity index (χ0) is 11.7. The van der Waals surface area contributed by atoms with Crippen molar-refractivity contribution in [3.63, 3.8) is 0 Å². The maximum absolute atomic E-state index is 10.3. The summed E-state index contributed by atoms with van der Waals surface area (Å²) in [6.45, 7) is 0. The Morgan fingerprint density at radius 3 is 2.65 bits per heavy atom. The maximum Gasteiger partial charge on any atom is 0.0796 e. The molecule has 1 aliphatic rings. The SMILES string of the molecule is OC(CCC1CC1)c1cccc2ccccc12. The topological polar surface area (TPSA) is 20.2 Å². The summed E-state index contributed by atoms with van der Waals surface area (Å²) >= 11 is 0. The van der Waals surface area contributed by atoms with Gasteiger partial charge in [0.25, 0.3) is 0 Å². The van der Waals surface area contributed by atoms with Crippen LogP contribution in [-0.2, 0) is 0 Å². The van der Waals surface area contributed by atoms with Gasteiger partial charge < -0.3 is 5.11 Å². The molecule has 3 rings (SSSR count). The third kappa shape index (κ3) is 2.34. The minimum absolute atomic E-state index is 0.304. The van der Waals surface area contributed by atoms with E-state index < -0.39 is 0 Å². The normalized spacial score (nSPS) is 17.2. The number of hydrogen-bond acceptors (Lipinski definition) is 1. The van der Waals surface area contributed by atoms with E-state index in [0.717, 1.165) is 17.9 Å². The molecule has 0 aromatic heterocycles. The Morgan fingerprint density at radius 1 is 1.06 bits per heavy atom. The fourth-order valence-corrected chi connectivity index (χ4v) is 2.50. The molecule has 0 aliphatic heterocycles. The molecular weight excluding hydrogens is 208 g/mol. The Labute approximate surface area is 102 Å². The average Bonchev–Trinajstić information content (AvgIpc) is 3.19. The third-order valence-electron chi connectivity index (χ3n) is 3.73. The van der Waals surface area contributed by atoms with Crippen molar-refractivity contribution in [3.05, 3.63) is 48.0 Å². The molecule has 1 fully saturated rings. The van der Waals surface area contributed by atoms with E-state index in [1.54, 1.807) is 0 Å². The fraction of sp³-hybridized carbons (Fsp3) is 0.375. The molecular formula is C16H18O. The predicted molar refractivity (Wildman–Crippen MR) is 70.9 cm³/mol. The standard InChI is InChI=1S/C16H18O/c17-16(11-10-12-8-9-12)15-7-3-5-13-4-1-2-6-14(13)15/h1-7,12,16-17H,8-11H2. The third-order valence-corrected chi connectivity index (χ3v) is 3.73. The molecule has 2 aromatic carbocycles. The van der Waals surface area contributed by atoms with Gasteiger partial charge in [-0.3, -0.25) is 0 Å². The molecule has 1 N–H and O–H groups in total. The second-order valence-electron chi connectivity index (χ2n) is 5.10. The van der Waals surface area contributed by atoms with Gasteiger partial charge >= 0.3 is 0 Å². The van der Waals surface area contributed by atoms with E-state index in [1.165, 1.54) is 30.0 Å². The van der Waals surface area contributed by atoms with Crippen LogP contribution in [0, 0.1) is 5.92 Å². The highest BCUT2D eigenvalue weighted by atomic mass is 16.3. The largest absolute Gasteiger partial charge is 0.388 e. The van der Waals surface area contributed by atoms with Crippen molar-refractivity contribution in [1.29, 1.82) is 0 Å². The highest BCUT2D eigenvalue weighted by molar-refractivity contribution is 5.85. The van der Waals surface area contributed by atoms with Crippen LogP contribution in [0.3, 0.4) is 0 Å². The van der Waals surface area contributed by atoms with Crippen LogP contribution in [0.25, 0.3) is 10.8 Å². The summed E-state index contributed by atoms with van der Waals surface area (Å²) in [7, 11) is 0. The Hall–Kier alpha value is -1.34. The lowest BCUT2D eigenvalue weighted by atomic mass is 9.97.